The van der Waals surface area contributed by atoms with Crippen LogP contribution < -0.4 is 10.1 Å². The van der Waals surface area contributed by atoms with Crippen molar-refractivity contribution >= 4 is 22.9 Å². The number of methoxy groups -OCH3 is 1. The van der Waals surface area contributed by atoms with Gasteiger partial charge in [0.15, 0.2) is 0 Å². The summed E-state index contributed by atoms with van der Waals surface area (Å²) in [6, 6.07) is 10.1. The summed E-state index contributed by atoms with van der Waals surface area (Å²) in [6.45, 7) is 3.12. The number of halogens is 1. The Kier molecular flexibility index (Phi) is 5.25. The quantitative estimate of drug-likeness (QED) is 0.847. The van der Waals surface area contributed by atoms with E-state index in [0.29, 0.717) is 0 Å². The Hall–Kier alpha value is -1.03. The molecule has 0 amide bonds. The van der Waals surface area contributed by atoms with Gasteiger partial charge in [-0.1, -0.05) is 24.6 Å². The predicted octanol–water partition coefficient (Wildman–Crippen LogP) is 4.50. The maximum absolute atomic E-state index is 6.13. The number of benzene rings is 1. The molecule has 2 aromatic rings. The summed E-state index contributed by atoms with van der Waals surface area (Å²) in [4.78, 5) is 1.27. The van der Waals surface area contributed by atoms with E-state index in [2.05, 4.69) is 29.8 Å². The molecule has 1 aromatic heterocycles. The topological polar surface area (TPSA) is 21.3 Å². The Morgan fingerprint density at radius 1 is 1.37 bits per heavy atom. The van der Waals surface area contributed by atoms with Gasteiger partial charge in [0.2, 0.25) is 0 Å². The van der Waals surface area contributed by atoms with Crippen LogP contribution in [0.25, 0.3) is 0 Å². The van der Waals surface area contributed by atoms with Gasteiger partial charge in [0.25, 0.3) is 0 Å². The SMILES string of the molecule is CCCNC(c1cccs1)c1cc(Cl)ccc1OC. The fourth-order valence-corrected chi connectivity index (χ4v) is 3.04. The van der Waals surface area contributed by atoms with Crippen molar-refractivity contribution < 1.29 is 4.74 Å². The van der Waals surface area contributed by atoms with Gasteiger partial charge in [0.1, 0.15) is 5.75 Å². The van der Waals surface area contributed by atoms with Crippen LogP contribution in [0.1, 0.15) is 29.8 Å². The van der Waals surface area contributed by atoms with Crippen LogP contribution in [0.5, 0.6) is 5.75 Å². The molecule has 0 aliphatic rings. The van der Waals surface area contributed by atoms with Crippen LogP contribution >= 0.6 is 22.9 Å². The molecule has 0 fully saturated rings. The molecule has 0 spiro atoms. The summed E-state index contributed by atoms with van der Waals surface area (Å²) < 4.78 is 5.47. The van der Waals surface area contributed by atoms with Crippen molar-refractivity contribution in [2.75, 3.05) is 13.7 Å². The molecule has 1 atom stereocenters. The van der Waals surface area contributed by atoms with Gasteiger partial charge in [-0.3, -0.25) is 0 Å². The summed E-state index contributed by atoms with van der Waals surface area (Å²) in [5.74, 6) is 0.867. The van der Waals surface area contributed by atoms with Crippen molar-refractivity contribution in [2.45, 2.75) is 19.4 Å². The lowest BCUT2D eigenvalue weighted by Gasteiger charge is -2.20. The minimum absolute atomic E-state index is 0.133. The number of hydrogen-bond donors (Lipinski definition) is 1. The second-order valence-electron chi connectivity index (χ2n) is 4.29. The van der Waals surface area contributed by atoms with Crippen LogP contribution in [0, 0.1) is 0 Å². The number of thiophene rings is 1. The summed E-state index contributed by atoms with van der Waals surface area (Å²) in [6.07, 6.45) is 1.09. The third kappa shape index (κ3) is 3.50. The molecule has 2 nitrogen and oxygen atoms in total. The van der Waals surface area contributed by atoms with Crippen molar-refractivity contribution in [3.05, 3.63) is 51.2 Å². The van der Waals surface area contributed by atoms with E-state index in [9.17, 15) is 0 Å². The van der Waals surface area contributed by atoms with Crippen molar-refractivity contribution in [1.29, 1.82) is 0 Å². The highest BCUT2D eigenvalue weighted by Gasteiger charge is 2.18. The first kappa shape index (κ1) is 14.4. The van der Waals surface area contributed by atoms with Crippen molar-refractivity contribution in [2.24, 2.45) is 0 Å². The van der Waals surface area contributed by atoms with E-state index in [1.807, 2.05) is 18.2 Å². The van der Waals surface area contributed by atoms with Crippen molar-refractivity contribution in [3.8, 4) is 5.75 Å². The zero-order chi connectivity index (χ0) is 13.7. The van der Waals surface area contributed by atoms with E-state index in [1.54, 1.807) is 18.4 Å². The largest absolute Gasteiger partial charge is 0.496 e. The van der Waals surface area contributed by atoms with Crippen molar-refractivity contribution in [1.82, 2.24) is 5.32 Å². The average Bonchev–Trinajstić information content (AvgIpc) is 2.93. The second kappa shape index (κ2) is 6.94. The summed E-state index contributed by atoms with van der Waals surface area (Å²) in [7, 11) is 1.69. The monoisotopic (exact) mass is 295 g/mol. The van der Waals surface area contributed by atoms with Gasteiger partial charge in [-0.25, -0.2) is 0 Å². The van der Waals surface area contributed by atoms with E-state index >= 15 is 0 Å². The number of ether oxygens (including phenoxy) is 1. The number of nitrogens with one attached hydrogen (secondary N) is 1. The van der Waals surface area contributed by atoms with Gasteiger partial charge in [-0.15, -0.1) is 11.3 Å². The molecule has 1 aromatic carbocycles. The molecule has 1 unspecified atom stereocenters. The smallest absolute Gasteiger partial charge is 0.124 e. The molecule has 0 radical (unpaired) electrons. The molecule has 1 N–H and O–H groups in total. The maximum atomic E-state index is 6.13. The highest BCUT2D eigenvalue weighted by Crippen LogP contribution is 2.34. The van der Waals surface area contributed by atoms with Gasteiger partial charge in [0.05, 0.1) is 13.2 Å². The summed E-state index contributed by atoms with van der Waals surface area (Å²) in [5.41, 5.74) is 1.09. The number of hydrogen-bond acceptors (Lipinski definition) is 3. The first-order valence-electron chi connectivity index (χ1n) is 6.36. The Morgan fingerprint density at radius 3 is 2.84 bits per heavy atom. The van der Waals surface area contributed by atoms with E-state index in [1.165, 1.54) is 4.88 Å². The molecule has 2 rings (SSSR count). The van der Waals surface area contributed by atoms with Crippen LogP contribution in [-0.4, -0.2) is 13.7 Å². The van der Waals surface area contributed by atoms with Crippen LogP contribution in [0.3, 0.4) is 0 Å². The molecular weight excluding hydrogens is 278 g/mol. The highest BCUT2D eigenvalue weighted by molar-refractivity contribution is 7.10. The van der Waals surface area contributed by atoms with Crippen LogP contribution in [0.4, 0.5) is 0 Å². The lowest BCUT2D eigenvalue weighted by atomic mass is 10.0. The molecule has 0 aliphatic carbocycles. The molecule has 0 bridgehead atoms. The third-order valence-electron chi connectivity index (χ3n) is 2.93. The lowest BCUT2D eigenvalue weighted by Crippen LogP contribution is -2.22. The zero-order valence-corrected chi connectivity index (χ0v) is 12.7. The van der Waals surface area contributed by atoms with Crippen LogP contribution in [0.2, 0.25) is 5.02 Å². The van der Waals surface area contributed by atoms with Crippen molar-refractivity contribution in [3.63, 3.8) is 0 Å². The first-order valence-corrected chi connectivity index (χ1v) is 7.62. The van der Waals surface area contributed by atoms with E-state index in [-0.39, 0.29) is 6.04 Å². The van der Waals surface area contributed by atoms with Gasteiger partial charge >= 0.3 is 0 Å². The Morgan fingerprint density at radius 2 is 2.21 bits per heavy atom. The standard InChI is InChI=1S/C15H18ClNOS/c1-3-8-17-15(14-5-4-9-19-14)12-10-11(16)6-7-13(12)18-2/h4-7,9-10,15,17H,3,8H2,1-2H3. The maximum Gasteiger partial charge on any atom is 0.124 e. The molecule has 0 aliphatic heterocycles. The summed E-state index contributed by atoms with van der Waals surface area (Å²) >= 11 is 7.87. The molecular formula is C15H18ClNOS. The molecule has 1 heterocycles. The van der Waals surface area contributed by atoms with Crippen LogP contribution in [-0.2, 0) is 0 Å². The first-order chi connectivity index (χ1) is 9.26. The Balaban J connectivity index is 2.39. The number of rotatable bonds is 6. The normalized spacial score (nSPS) is 12.4. The summed E-state index contributed by atoms with van der Waals surface area (Å²) in [5, 5.41) is 6.38. The molecule has 0 saturated carbocycles. The fourth-order valence-electron chi connectivity index (χ4n) is 2.04. The molecule has 0 saturated heterocycles. The van der Waals surface area contributed by atoms with Gasteiger partial charge in [-0.05, 0) is 42.6 Å². The zero-order valence-electron chi connectivity index (χ0n) is 11.2. The Bertz CT molecular complexity index is 513. The van der Waals surface area contributed by atoms with E-state index in [4.69, 9.17) is 16.3 Å². The van der Waals surface area contributed by atoms with Gasteiger partial charge < -0.3 is 10.1 Å². The third-order valence-corrected chi connectivity index (χ3v) is 4.10. The molecule has 102 valence electrons. The minimum atomic E-state index is 0.133. The predicted molar refractivity (Wildman–Crippen MR) is 82.5 cm³/mol. The lowest BCUT2D eigenvalue weighted by molar-refractivity contribution is 0.404. The highest BCUT2D eigenvalue weighted by atomic mass is 35.5. The van der Waals surface area contributed by atoms with E-state index in [0.717, 1.165) is 29.3 Å². The van der Waals surface area contributed by atoms with Gasteiger partial charge in [-0.2, -0.15) is 0 Å². The van der Waals surface area contributed by atoms with Crippen LogP contribution in [0.15, 0.2) is 35.7 Å². The molecule has 4 heteroatoms. The van der Waals surface area contributed by atoms with E-state index < -0.39 is 0 Å². The molecule has 19 heavy (non-hydrogen) atoms. The fraction of sp³-hybridized carbons (Fsp3) is 0.333. The second-order valence-corrected chi connectivity index (χ2v) is 5.70. The Labute approximate surface area is 123 Å². The minimum Gasteiger partial charge on any atom is -0.496 e. The average molecular weight is 296 g/mol. The van der Waals surface area contributed by atoms with Gasteiger partial charge in [0, 0.05) is 15.5 Å².